The summed E-state index contributed by atoms with van der Waals surface area (Å²) in [4.78, 5) is 26.2. The highest BCUT2D eigenvalue weighted by molar-refractivity contribution is 6.36. The maximum absolute atomic E-state index is 13.3. The van der Waals surface area contributed by atoms with Crippen molar-refractivity contribution < 1.29 is 14.0 Å². The van der Waals surface area contributed by atoms with Crippen molar-refractivity contribution in [3.05, 3.63) is 63.9 Å². The molecule has 2 aromatic rings. The average molecular weight is 397 g/mol. The predicted octanol–water partition coefficient (Wildman–Crippen LogP) is 4.55. The van der Waals surface area contributed by atoms with E-state index in [0.29, 0.717) is 34.3 Å². The second-order valence-corrected chi connectivity index (χ2v) is 6.64. The molecule has 0 fully saturated rings. The van der Waals surface area contributed by atoms with Crippen LogP contribution in [0.3, 0.4) is 0 Å². The van der Waals surface area contributed by atoms with Gasteiger partial charge in [-0.3, -0.25) is 9.59 Å². The molecule has 0 atom stereocenters. The van der Waals surface area contributed by atoms with E-state index >= 15 is 0 Å². The number of anilines is 1. The molecule has 0 aliphatic rings. The van der Waals surface area contributed by atoms with E-state index in [1.807, 2.05) is 6.92 Å². The molecule has 4 nitrogen and oxygen atoms in total. The third-order valence-corrected chi connectivity index (χ3v) is 4.18. The maximum Gasteiger partial charge on any atom is 0.244 e. The van der Waals surface area contributed by atoms with Gasteiger partial charge in [-0.2, -0.15) is 0 Å². The SMILES string of the molecule is CCCN(CC(=O)Nc1ccc(Cl)cc1Cl)C(=O)Cc1cccc(F)c1. The minimum atomic E-state index is -0.396. The normalized spacial score (nSPS) is 10.5. The zero-order chi connectivity index (χ0) is 19.1. The number of hydrogen-bond donors (Lipinski definition) is 1. The average Bonchev–Trinajstić information content (AvgIpc) is 2.57. The monoisotopic (exact) mass is 396 g/mol. The van der Waals surface area contributed by atoms with Crippen molar-refractivity contribution in [3.8, 4) is 0 Å². The Kier molecular flexibility index (Phi) is 7.42. The van der Waals surface area contributed by atoms with Crippen LogP contribution in [0.25, 0.3) is 0 Å². The zero-order valence-corrected chi connectivity index (χ0v) is 15.8. The summed E-state index contributed by atoms with van der Waals surface area (Å²) in [5, 5.41) is 3.45. The highest BCUT2D eigenvalue weighted by Gasteiger charge is 2.18. The summed E-state index contributed by atoms with van der Waals surface area (Å²) in [6.07, 6.45) is 0.733. The summed E-state index contributed by atoms with van der Waals surface area (Å²) >= 11 is 11.9. The molecule has 0 aromatic heterocycles. The quantitative estimate of drug-likeness (QED) is 0.745. The van der Waals surface area contributed by atoms with Gasteiger partial charge in [-0.15, -0.1) is 0 Å². The van der Waals surface area contributed by atoms with E-state index in [0.717, 1.165) is 0 Å². The van der Waals surface area contributed by atoms with Gasteiger partial charge in [0.2, 0.25) is 11.8 Å². The van der Waals surface area contributed by atoms with Gasteiger partial charge in [0, 0.05) is 11.6 Å². The molecule has 0 bridgehead atoms. The number of nitrogens with zero attached hydrogens (tertiary/aromatic N) is 1. The molecule has 0 aliphatic heterocycles. The van der Waals surface area contributed by atoms with E-state index in [4.69, 9.17) is 23.2 Å². The fraction of sp³-hybridized carbons (Fsp3) is 0.263. The molecule has 2 aromatic carbocycles. The summed E-state index contributed by atoms with van der Waals surface area (Å²) in [6, 6.07) is 10.6. The molecular weight excluding hydrogens is 378 g/mol. The number of amides is 2. The summed E-state index contributed by atoms with van der Waals surface area (Å²) in [7, 11) is 0. The van der Waals surface area contributed by atoms with Gasteiger partial charge in [0.1, 0.15) is 5.82 Å². The smallest absolute Gasteiger partial charge is 0.244 e. The fourth-order valence-corrected chi connectivity index (χ4v) is 2.90. The van der Waals surface area contributed by atoms with E-state index < -0.39 is 5.82 Å². The largest absolute Gasteiger partial charge is 0.333 e. The van der Waals surface area contributed by atoms with Crippen LogP contribution >= 0.6 is 23.2 Å². The van der Waals surface area contributed by atoms with Gasteiger partial charge >= 0.3 is 0 Å². The molecule has 0 saturated carbocycles. The summed E-state index contributed by atoms with van der Waals surface area (Å²) < 4.78 is 13.3. The molecule has 0 aliphatic carbocycles. The van der Waals surface area contributed by atoms with Crippen molar-refractivity contribution in [1.29, 1.82) is 0 Å². The van der Waals surface area contributed by atoms with Crippen LogP contribution < -0.4 is 5.32 Å². The second-order valence-electron chi connectivity index (χ2n) is 5.79. The first-order chi connectivity index (χ1) is 12.4. The first kappa shape index (κ1) is 20.2. The molecular formula is C19H19Cl2FN2O2. The van der Waals surface area contributed by atoms with Gasteiger partial charge in [-0.1, -0.05) is 42.3 Å². The Morgan fingerprint density at radius 3 is 2.58 bits per heavy atom. The molecule has 2 rings (SSSR count). The van der Waals surface area contributed by atoms with E-state index in [-0.39, 0.29) is 24.8 Å². The van der Waals surface area contributed by atoms with Crippen molar-refractivity contribution in [3.63, 3.8) is 0 Å². The van der Waals surface area contributed by atoms with Gasteiger partial charge < -0.3 is 10.2 Å². The first-order valence-electron chi connectivity index (χ1n) is 8.16. The molecule has 7 heteroatoms. The first-order valence-corrected chi connectivity index (χ1v) is 8.91. The van der Waals surface area contributed by atoms with Gasteiger partial charge in [-0.25, -0.2) is 4.39 Å². The van der Waals surface area contributed by atoms with Crippen molar-refractivity contribution in [2.45, 2.75) is 19.8 Å². The Balaban J connectivity index is 2.01. The number of carbonyl (C=O) groups is 2. The van der Waals surface area contributed by atoms with Gasteiger partial charge in [0.25, 0.3) is 0 Å². The summed E-state index contributed by atoms with van der Waals surface area (Å²) in [5.74, 6) is -1.00. The maximum atomic E-state index is 13.3. The number of carbonyl (C=O) groups excluding carboxylic acids is 2. The number of nitrogens with one attached hydrogen (secondary N) is 1. The third kappa shape index (κ3) is 6.00. The lowest BCUT2D eigenvalue weighted by atomic mass is 10.1. The second kappa shape index (κ2) is 9.55. The van der Waals surface area contributed by atoms with Crippen LogP contribution in [0.2, 0.25) is 10.0 Å². The van der Waals surface area contributed by atoms with Crippen LogP contribution in [0, 0.1) is 5.82 Å². The lowest BCUT2D eigenvalue weighted by Gasteiger charge is -2.22. The Hall–Kier alpha value is -2.11. The Labute approximate surface area is 161 Å². The number of benzene rings is 2. The standard InChI is InChI=1S/C19H19Cl2FN2O2/c1-2-8-24(19(26)10-13-4-3-5-15(22)9-13)12-18(25)23-17-7-6-14(20)11-16(17)21/h3-7,9,11H,2,8,10,12H2,1H3,(H,23,25). The topological polar surface area (TPSA) is 49.4 Å². The molecule has 2 amide bonds. The predicted molar refractivity (Wildman–Crippen MR) is 102 cm³/mol. The number of halogens is 3. The molecule has 1 N–H and O–H groups in total. The Morgan fingerprint density at radius 2 is 1.92 bits per heavy atom. The minimum absolute atomic E-state index is 0.0345. The van der Waals surface area contributed by atoms with Crippen molar-refractivity contribution in [1.82, 2.24) is 4.90 Å². The Morgan fingerprint density at radius 1 is 1.15 bits per heavy atom. The third-order valence-electron chi connectivity index (χ3n) is 3.63. The molecule has 0 spiro atoms. The van der Waals surface area contributed by atoms with E-state index in [9.17, 15) is 14.0 Å². The lowest BCUT2D eigenvalue weighted by Crippen LogP contribution is -2.39. The van der Waals surface area contributed by atoms with Crippen LogP contribution in [0.15, 0.2) is 42.5 Å². The van der Waals surface area contributed by atoms with Crippen LogP contribution in [0.4, 0.5) is 10.1 Å². The van der Waals surface area contributed by atoms with E-state index in [2.05, 4.69) is 5.32 Å². The van der Waals surface area contributed by atoms with E-state index in [1.165, 1.54) is 23.1 Å². The zero-order valence-electron chi connectivity index (χ0n) is 14.3. The Bertz CT molecular complexity index is 799. The molecule has 0 unspecified atom stereocenters. The van der Waals surface area contributed by atoms with Crippen molar-refractivity contribution in [2.24, 2.45) is 0 Å². The summed E-state index contributed by atoms with van der Waals surface area (Å²) in [6.45, 7) is 2.23. The van der Waals surface area contributed by atoms with Crippen molar-refractivity contribution in [2.75, 3.05) is 18.4 Å². The van der Waals surface area contributed by atoms with Gasteiger partial charge in [0.05, 0.1) is 23.7 Å². The van der Waals surface area contributed by atoms with Gasteiger partial charge in [-0.05, 0) is 42.3 Å². The summed E-state index contributed by atoms with van der Waals surface area (Å²) in [5.41, 5.74) is 0.993. The highest BCUT2D eigenvalue weighted by Crippen LogP contribution is 2.25. The lowest BCUT2D eigenvalue weighted by molar-refractivity contribution is -0.134. The van der Waals surface area contributed by atoms with E-state index in [1.54, 1.807) is 24.3 Å². The molecule has 0 saturated heterocycles. The van der Waals surface area contributed by atoms with Crippen LogP contribution in [-0.4, -0.2) is 29.8 Å². The minimum Gasteiger partial charge on any atom is -0.333 e. The molecule has 26 heavy (non-hydrogen) atoms. The highest BCUT2D eigenvalue weighted by atomic mass is 35.5. The van der Waals surface area contributed by atoms with Crippen LogP contribution in [-0.2, 0) is 16.0 Å². The molecule has 138 valence electrons. The van der Waals surface area contributed by atoms with Crippen LogP contribution in [0.1, 0.15) is 18.9 Å². The van der Waals surface area contributed by atoms with Crippen LogP contribution in [0.5, 0.6) is 0 Å². The molecule has 0 heterocycles. The number of hydrogen-bond acceptors (Lipinski definition) is 2. The van der Waals surface area contributed by atoms with Crippen molar-refractivity contribution >= 4 is 40.7 Å². The van der Waals surface area contributed by atoms with Gasteiger partial charge in [0.15, 0.2) is 0 Å². The number of rotatable bonds is 7. The fourth-order valence-electron chi connectivity index (χ4n) is 2.45. The molecule has 0 radical (unpaired) electrons.